The molecule has 0 unspecified atom stereocenters. The smallest absolute Gasteiger partial charge is 0.460 e. The van der Waals surface area contributed by atoms with Gasteiger partial charge in [0, 0.05) is 0 Å². The Balaban J connectivity index is 3.37. The lowest BCUT2D eigenvalue weighted by atomic mass is 10.1. The standard InChI is InChI=1S/C13H9F9N3O3S/c1-7(26)6-23-24-8-4-2-3-5-9(8)25-29(27,28)13(21,22)11(16,17)10(14,15)12(18,19)20/h2-5H,6H2,1H3/q-1. The molecule has 0 atom stereocenters. The van der Waals surface area contributed by atoms with Crippen molar-refractivity contribution in [3.63, 3.8) is 0 Å². The molecular weight excluding hydrogens is 449 g/mol. The zero-order valence-electron chi connectivity index (χ0n) is 13.9. The van der Waals surface area contributed by atoms with Gasteiger partial charge >= 0.3 is 23.3 Å². The molecule has 0 heterocycles. The van der Waals surface area contributed by atoms with Crippen LogP contribution in [0.1, 0.15) is 6.92 Å². The number of nitrogens with zero attached hydrogens (tertiary/aromatic N) is 3. The molecule has 0 bridgehead atoms. The summed E-state index contributed by atoms with van der Waals surface area (Å²) in [7, 11) is -6.98. The summed E-state index contributed by atoms with van der Waals surface area (Å²) in [5.74, 6) is -15.3. The molecule has 0 aliphatic heterocycles. The van der Waals surface area contributed by atoms with E-state index >= 15 is 0 Å². The summed E-state index contributed by atoms with van der Waals surface area (Å²) in [6, 6.07) is 3.55. The maximum absolute atomic E-state index is 13.7. The molecule has 0 saturated heterocycles. The van der Waals surface area contributed by atoms with Crippen molar-refractivity contribution in [2.45, 2.75) is 30.2 Å². The first-order valence-corrected chi connectivity index (χ1v) is 8.46. The topological polar surface area (TPSA) is 90.0 Å². The zero-order valence-corrected chi connectivity index (χ0v) is 14.7. The van der Waals surface area contributed by atoms with Crippen LogP contribution in [0.5, 0.6) is 0 Å². The van der Waals surface area contributed by atoms with Crippen molar-refractivity contribution < 1.29 is 52.7 Å². The maximum Gasteiger partial charge on any atom is 0.460 e. The molecule has 0 aromatic heterocycles. The van der Waals surface area contributed by atoms with Crippen molar-refractivity contribution in [1.29, 1.82) is 0 Å². The minimum atomic E-state index is -7.40. The molecule has 29 heavy (non-hydrogen) atoms. The number of benzene rings is 1. The van der Waals surface area contributed by atoms with E-state index in [4.69, 9.17) is 0 Å². The lowest BCUT2D eigenvalue weighted by Gasteiger charge is -2.37. The predicted octanol–water partition coefficient (Wildman–Crippen LogP) is 5.12. The SMILES string of the molecule is CC(=O)CN=Nc1ccccc1[N-]S(=O)(=O)C(F)(F)C(F)(F)C(F)(F)C(F)(F)F. The highest BCUT2D eigenvalue weighted by Gasteiger charge is 2.84. The summed E-state index contributed by atoms with van der Waals surface area (Å²) in [4.78, 5) is 10.7. The monoisotopic (exact) mass is 458 g/mol. The lowest BCUT2D eigenvalue weighted by molar-refractivity contribution is -0.382. The van der Waals surface area contributed by atoms with Gasteiger partial charge in [0.1, 0.15) is 6.54 Å². The van der Waals surface area contributed by atoms with E-state index in [0.717, 1.165) is 25.1 Å². The van der Waals surface area contributed by atoms with Crippen molar-refractivity contribution in [3.05, 3.63) is 29.0 Å². The fourth-order valence-corrected chi connectivity index (χ4v) is 2.53. The van der Waals surface area contributed by atoms with Crippen LogP contribution in [0.25, 0.3) is 4.72 Å². The van der Waals surface area contributed by atoms with Crippen molar-refractivity contribution in [2.24, 2.45) is 10.2 Å². The number of Topliss-reactive ketones (excluding diaryl/α,β-unsaturated/α-hetero) is 1. The molecule has 1 aromatic carbocycles. The van der Waals surface area contributed by atoms with Gasteiger partial charge in [0.25, 0.3) is 0 Å². The molecule has 0 fully saturated rings. The summed E-state index contributed by atoms with van der Waals surface area (Å²) < 4.78 is 141. The van der Waals surface area contributed by atoms with Crippen LogP contribution in [0.2, 0.25) is 0 Å². The van der Waals surface area contributed by atoms with Gasteiger partial charge in [-0.1, -0.05) is 23.9 Å². The highest BCUT2D eigenvalue weighted by atomic mass is 32.2. The number of hydrogen-bond donors (Lipinski definition) is 0. The van der Waals surface area contributed by atoms with Crippen molar-refractivity contribution in [3.8, 4) is 0 Å². The second-order valence-electron chi connectivity index (χ2n) is 5.32. The van der Waals surface area contributed by atoms with Gasteiger partial charge in [-0.3, -0.25) is 4.79 Å². The minimum absolute atomic E-state index is 0.531. The molecule has 0 spiro atoms. The quantitative estimate of drug-likeness (QED) is 0.400. The van der Waals surface area contributed by atoms with Crippen LogP contribution < -0.4 is 0 Å². The van der Waals surface area contributed by atoms with Crippen molar-refractivity contribution in [1.82, 2.24) is 0 Å². The van der Waals surface area contributed by atoms with E-state index in [1.165, 1.54) is 0 Å². The predicted molar refractivity (Wildman–Crippen MR) is 79.3 cm³/mol. The third-order valence-electron chi connectivity index (χ3n) is 3.01. The number of carbonyl (C=O) groups excluding carboxylic acids is 1. The summed E-state index contributed by atoms with van der Waals surface area (Å²) >= 11 is 0. The Morgan fingerprint density at radius 1 is 0.966 bits per heavy atom. The van der Waals surface area contributed by atoms with E-state index in [-0.39, 0.29) is 0 Å². The van der Waals surface area contributed by atoms with Gasteiger partial charge in [0.15, 0.2) is 15.8 Å². The number of halogens is 9. The molecule has 6 nitrogen and oxygen atoms in total. The summed E-state index contributed by atoms with van der Waals surface area (Å²) in [6.07, 6.45) is -7.19. The molecule has 0 aliphatic carbocycles. The number of hydrogen-bond acceptors (Lipinski definition) is 5. The highest BCUT2D eigenvalue weighted by molar-refractivity contribution is 7.95. The van der Waals surface area contributed by atoms with Crippen LogP contribution in [0.15, 0.2) is 34.5 Å². The average Bonchev–Trinajstić information content (AvgIpc) is 2.54. The average molecular weight is 458 g/mol. The van der Waals surface area contributed by atoms with Gasteiger partial charge in [-0.2, -0.15) is 49.7 Å². The molecule has 0 N–H and O–H groups in total. The van der Waals surface area contributed by atoms with Crippen LogP contribution >= 0.6 is 0 Å². The first kappa shape index (κ1) is 24.6. The molecule has 0 radical (unpaired) electrons. The molecule has 1 aromatic rings. The second kappa shape index (κ2) is 7.79. The lowest BCUT2D eigenvalue weighted by Crippen LogP contribution is -2.62. The van der Waals surface area contributed by atoms with Gasteiger partial charge in [0.05, 0.1) is 5.69 Å². The Labute approximate surface area is 156 Å². The van der Waals surface area contributed by atoms with Crippen molar-refractivity contribution in [2.75, 3.05) is 6.54 Å². The fraction of sp³-hybridized carbons (Fsp3) is 0.462. The number of alkyl halides is 9. The number of azo groups is 1. The number of ketones is 1. The number of sulfonamides is 1. The zero-order chi connectivity index (χ0) is 22.9. The normalized spacial score (nSPS) is 14.3. The van der Waals surface area contributed by atoms with E-state index in [0.29, 0.717) is 6.07 Å². The molecule has 16 heteroatoms. The fourth-order valence-electron chi connectivity index (χ4n) is 1.55. The Hall–Kier alpha value is -2.39. The highest BCUT2D eigenvalue weighted by Crippen LogP contribution is 2.56. The largest absolute Gasteiger partial charge is 0.570 e. The van der Waals surface area contributed by atoms with Gasteiger partial charge in [-0.25, -0.2) is 8.42 Å². The van der Waals surface area contributed by atoms with Crippen LogP contribution in [-0.2, 0) is 14.8 Å². The molecular formula is C13H9F9N3O3S-. The third-order valence-corrected chi connectivity index (χ3v) is 4.35. The summed E-state index contributed by atoms with van der Waals surface area (Å²) in [5, 5.41) is -0.477. The van der Waals surface area contributed by atoms with Crippen LogP contribution in [0.3, 0.4) is 0 Å². The summed E-state index contributed by atoms with van der Waals surface area (Å²) in [5.41, 5.74) is -1.79. The van der Waals surface area contributed by atoms with Crippen LogP contribution in [0.4, 0.5) is 50.9 Å². The van der Waals surface area contributed by atoms with Gasteiger partial charge in [-0.15, -0.1) is 0 Å². The number of carbonyl (C=O) groups is 1. The Morgan fingerprint density at radius 2 is 1.48 bits per heavy atom. The molecule has 0 amide bonds. The van der Waals surface area contributed by atoms with E-state index in [9.17, 15) is 52.7 Å². The van der Waals surface area contributed by atoms with E-state index in [1.54, 1.807) is 0 Å². The maximum atomic E-state index is 13.7. The Bertz CT molecular complexity index is 898. The summed E-state index contributed by atoms with van der Waals surface area (Å²) in [6.45, 7) is 0.524. The first-order valence-electron chi connectivity index (χ1n) is 7.02. The first-order chi connectivity index (χ1) is 12.9. The number of rotatable bonds is 8. The van der Waals surface area contributed by atoms with Crippen LogP contribution in [0, 0.1) is 0 Å². The van der Waals surface area contributed by atoms with Gasteiger partial charge < -0.3 is 4.72 Å². The van der Waals surface area contributed by atoms with E-state index < -0.39 is 57.0 Å². The molecule has 0 saturated carbocycles. The minimum Gasteiger partial charge on any atom is -0.570 e. The second-order valence-corrected chi connectivity index (χ2v) is 6.97. The molecule has 0 aliphatic rings. The van der Waals surface area contributed by atoms with E-state index in [2.05, 4.69) is 15.0 Å². The van der Waals surface area contributed by atoms with E-state index in [1.807, 2.05) is 0 Å². The Kier molecular flexibility index (Phi) is 6.62. The van der Waals surface area contributed by atoms with Crippen molar-refractivity contribution >= 4 is 27.2 Å². The molecule has 164 valence electrons. The van der Waals surface area contributed by atoms with Crippen LogP contribution in [-0.4, -0.2) is 44.0 Å². The van der Waals surface area contributed by atoms with Gasteiger partial charge in [0.2, 0.25) is 0 Å². The third kappa shape index (κ3) is 4.62. The Morgan fingerprint density at radius 3 is 1.97 bits per heavy atom. The van der Waals surface area contributed by atoms with Gasteiger partial charge in [-0.05, 0) is 13.0 Å². The molecule has 1 rings (SSSR count).